The van der Waals surface area contributed by atoms with Crippen molar-refractivity contribution >= 4 is 17.5 Å². The summed E-state index contributed by atoms with van der Waals surface area (Å²) in [5.74, 6) is -2.11. The molecule has 0 spiro atoms. The first-order valence-electron chi connectivity index (χ1n) is 6.64. The second-order valence-corrected chi connectivity index (χ2v) is 6.01. The van der Waals surface area contributed by atoms with E-state index >= 15 is 0 Å². The molecule has 0 aromatic heterocycles. The van der Waals surface area contributed by atoms with Crippen LogP contribution in [0.2, 0.25) is 0 Å². The Morgan fingerprint density at radius 2 is 1.90 bits per heavy atom. The van der Waals surface area contributed by atoms with Crippen LogP contribution in [0, 0.1) is 18.2 Å². The molecule has 0 bridgehead atoms. The monoisotopic (exact) mass is 296 g/mol. The Balaban J connectivity index is 2.57. The van der Waals surface area contributed by atoms with E-state index in [1.807, 2.05) is 20.8 Å². The molecule has 0 saturated heterocycles. The van der Waals surface area contributed by atoms with E-state index in [4.69, 9.17) is 0 Å². The number of nitrogens with one attached hydrogen (secondary N) is 2. The Morgan fingerprint density at radius 3 is 2.43 bits per heavy atom. The van der Waals surface area contributed by atoms with Gasteiger partial charge in [0.1, 0.15) is 5.82 Å². The van der Waals surface area contributed by atoms with Crippen molar-refractivity contribution in [3.8, 4) is 0 Å². The number of anilines is 1. The maximum absolute atomic E-state index is 12.9. The molecule has 116 valence electrons. The van der Waals surface area contributed by atoms with E-state index in [-0.39, 0.29) is 6.54 Å². The number of carbonyl (C=O) groups is 2. The molecule has 0 heterocycles. The van der Waals surface area contributed by atoms with E-state index in [1.165, 1.54) is 18.2 Å². The van der Waals surface area contributed by atoms with Gasteiger partial charge >= 0.3 is 11.8 Å². The molecule has 0 fully saturated rings. The van der Waals surface area contributed by atoms with Crippen molar-refractivity contribution in [2.24, 2.45) is 5.41 Å². The second kappa shape index (κ2) is 6.67. The van der Waals surface area contributed by atoms with Gasteiger partial charge in [-0.2, -0.15) is 0 Å². The third-order valence-electron chi connectivity index (χ3n) is 3.10. The minimum atomic E-state index is -0.856. The highest BCUT2D eigenvalue weighted by atomic mass is 19.1. The van der Waals surface area contributed by atoms with Gasteiger partial charge in [0.05, 0.1) is 6.10 Å². The molecule has 0 aliphatic rings. The Bertz CT molecular complexity index is 538. The summed E-state index contributed by atoms with van der Waals surface area (Å²) < 4.78 is 12.9. The molecule has 0 saturated carbocycles. The number of aliphatic hydroxyl groups is 1. The molecule has 0 aliphatic carbocycles. The average molecular weight is 296 g/mol. The lowest BCUT2D eigenvalue weighted by Crippen LogP contribution is -2.43. The van der Waals surface area contributed by atoms with E-state index in [9.17, 15) is 19.1 Å². The van der Waals surface area contributed by atoms with E-state index in [0.717, 1.165) is 0 Å². The van der Waals surface area contributed by atoms with Crippen LogP contribution in [0.3, 0.4) is 0 Å². The Morgan fingerprint density at radius 1 is 1.29 bits per heavy atom. The van der Waals surface area contributed by atoms with Crippen molar-refractivity contribution in [2.45, 2.75) is 33.8 Å². The average Bonchev–Trinajstić information content (AvgIpc) is 2.37. The van der Waals surface area contributed by atoms with E-state index in [1.54, 1.807) is 6.92 Å². The summed E-state index contributed by atoms with van der Waals surface area (Å²) >= 11 is 0. The van der Waals surface area contributed by atoms with Crippen LogP contribution in [0.5, 0.6) is 0 Å². The van der Waals surface area contributed by atoms with Crippen LogP contribution in [0.1, 0.15) is 26.3 Å². The molecule has 21 heavy (non-hydrogen) atoms. The number of aliphatic hydroxyl groups excluding tert-OH is 1. The fourth-order valence-corrected chi connectivity index (χ4v) is 1.52. The van der Waals surface area contributed by atoms with E-state index in [2.05, 4.69) is 10.6 Å². The van der Waals surface area contributed by atoms with Crippen LogP contribution < -0.4 is 10.6 Å². The summed E-state index contributed by atoms with van der Waals surface area (Å²) in [4.78, 5) is 23.4. The summed E-state index contributed by atoms with van der Waals surface area (Å²) in [5, 5.41) is 14.6. The zero-order valence-electron chi connectivity index (χ0n) is 12.7. The van der Waals surface area contributed by atoms with Crippen molar-refractivity contribution in [1.82, 2.24) is 5.32 Å². The van der Waals surface area contributed by atoms with Gasteiger partial charge in [-0.15, -0.1) is 0 Å². The van der Waals surface area contributed by atoms with Crippen molar-refractivity contribution in [1.29, 1.82) is 0 Å². The number of halogens is 1. The molecule has 3 N–H and O–H groups in total. The van der Waals surface area contributed by atoms with Crippen LogP contribution in [0.4, 0.5) is 10.1 Å². The Labute approximate surface area is 123 Å². The first kappa shape index (κ1) is 17.1. The van der Waals surface area contributed by atoms with Crippen molar-refractivity contribution in [3.05, 3.63) is 29.6 Å². The predicted molar refractivity (Wildman–Crippen MR) is 78.2 cm³/mol. The SMILES string of the molecule is Cc1cc(F)ccc1NC(=O)C(=O)NC[C@H](O)C(C)(C)C. The van der Waals surface area contributed by atoms with Gasteiger partial charge in [0.15, 0.2) is 0 Å². The van der Waals surface area contributed by atoms with Crippen molar-refractivity contribution < 1.29 is 19.1 Å². The molecule has 1 aromatic rings. The van der Waals surface area contributed by atoms with Crippen LogP contribution >= 0.6 is 0 Å². The molecule has 1 rings (SSSR count). The Kier molecular flexibility index (Phi) is 5.43. The van der Waals surface area contributed by atoms with Gasteiger partial charge in [-0.05, 0) is 36.1 Å². The second-order valence-electron chi connectivity index (χ2n) is 6.01. The van der Waals surface area contributed by atoms with Gasteiger partial charge < -0.3 is 15.7 Å². The smallest absolute Gasteiger partial charge is 0.313 e. The number of carbonyl (C=O) groups excluding carboxylic acids is 2. The molecule has 1 aromatic carbocycles. The number of rotatable bonds is 3. The molecule has 0 unspecified atom stereocenters. The first-order chi connectivity index (χ1) is 9.61. The lowest BCUT2D eigenvalue weighted by Gasteiger charge is -2.25. The summed E-state index contributed by atoms with van der Waals surface area (Å²) in [6.07, 6.45) is -0.762. The maximum Gasteiger partial charge on any atom is 0.313 e. The first-order valence-corrected chi connectivity index (χ1v) is 6.64. The van der Waals surface area contributed by atoms with Crippen LogP contribution in [-0.2, 0) is 9.59 Å². The van der Waals surface area contributed by atoms with Crippen LogP contribution in [0.25, 0.3) is 0 Å². The maximum atomic E-state index is 12.9. The highest BCUT2D eigenvalue weighted by Gasteiger charge is 2.24. The molecule has 6 heteroatoms. The Hall–Kier alpha value is -1.95. The lowest BCUT2D eigenvalue weighted by atomic mass is 9.89. The zero-order chi connectivity index (χ0) is 16.2. The number of benzene rings is 1. The third-order valence-corrected chi connectivity index (χ3v) is 3.10. The zero-order valence-corrected chi connectivity index (χ0v) is 12.7. The van der Waals surface area contributed by atoms with Gasteiger partial charge in [-0.25, -0.2) is 4.39 Å². The minimum absolute atomic E-state index is 0.0157. The third kappa shape index (κ3) is 5.15. The quantitative estimate of drug-likeness (QED) is 0.741. The summed E-state index contributed by atoms with van der Waals surface area (Å²) in [7, 11) is 0. The largest absolute Gasteiger partial charge is 0.391 e. The summed E-state index contributed by atoms with van der Waals surface area (Å²) in [6, 6.07) is 3.85. The fourth-order valence-electron chi connectivity index (χ4n) is 1.52. The predicted octanol–water partition coefficient (Wildman–Crippen LogP) is 1.60. The summed E-state index contributed by atoms with van der Waals surface area (Å²) in [5.41, 5.74) is 0.496. The highest BCUT2D eigenvalue weighted by Crippen LogP contribution is 2.18. The number of hydrogen-bond donors (Lipinski definition) is 3. The van der Waals surface area contributed by atoms with Gasteiger partial charge in [-0.1, -0.05) is 20.8 Å². The highest BCUT2D eigenvalue weighted by molar-refractivity contribution is 6.39. The molecule has 0 aliphatic heterocycles. The molecule has 2 amide bonds. The van der Waals surface area contributed by atoms with E-state index < -0.39 is 29.2 Å². The summed E-state index contributed by atoms with van der Waals surface area (Å²) in [6.45, 7) is 7.08. The van der Waals surface area contributed by atoms with Gasteiger partial charge in [0.2, 0.25) is 0 Å². The molecular weight excluding hydrogens is 275 g/mol. The van der Waals surface area contributed by atoms with Gasteiger partial charge in [0.25, 0.3) is 0 Å². The topological polar surface area (TPSA) is 78.4 Å². The minimum Gasteiger partial charge on any atom is -0.391 e. The molecule has 1 atom stereocenters. The number of amides is 2. The number of aryl methyl sites for hydroxylation is 1. The molecule has 5 nitrogen and oxygen atoms in total. The lowest BCUT2D eigenvalue weighted by molar-refractivity contribution is -0.136. The number of hydrogen-bond acceptors (Lipinski definition) is 3. The van der Waals surface area contributed by atoms with Gasteiger partial charge in [0, 0.05) is 12.2 Å². The van der Waals surface area contributed by atoms with Crippen LogP contribution in [-0.4, -0.2) is 29.6 Å². The standard InChI is InChI=1S/C15H21FN2O3/c1-9-7-10(16)5-6-11(9)18-14(21)13(20)17-8-12(19)15(2,3)4/h5-7,12,19H,8H2,1-4H3,(H,17,20)(H,18,21)/t12-/m0/s1. The van der Waals surface area contributed by atoms with Crippen molar-refractivity contribution in [3.63, 3.8) is 0 Å². The van der Waals surface area contributed by atoms with Gasteiger partial charge in [-0.3, -0.25) is 9.59 Å². The normalized spacial score (nSPS) is 12.7. The molecule has 0 radical (unpaired) electrons. The van der Waals surface area contributed by atoms with Crippen LogP contribution in [0.15, 0.2) is 18.2 Å². The van der Waals surface area contributed by atoms with E-state index in [0.29, 0.717) is 11.3 Å². The molecular formula is C15H21FN2O3. The van der Waals surface area contributed by atoms with Crippen molar-refractivity contribution in [2.75, 3.05) is 11.9 Å². The fraction of sp³-hybridized carbons (Fsp3) is 0.467.